The maximum atomic E-state index is 13.1. The van der Waals surface area contributed by atoms with Gasteiger partial charge in [-0.3, -0.25) is 4.90 Å². The van der Waals surface area contributed by atoms with Crippen LogP contribution in [0.4, 0.5) is 4.39 Å². The normalized spacial score (nSPS) is 14.4. The van der Waals surface area contributed by atoms with Crippen LogP contribution in [0.3, 0.4) is 0 Å². The van der Waals surface area contributed by atoms with E-state index < -0.39 is 27.8 Å². The lowest BCUT2D eigenvalue weighted by Crippen LogP contribution is -2.48. The average Bonchev–Trinajstić information content (AvgIpc) is 2.84. The molecule has 3 rings (SSSR count). The molecule has 13 heteroatoms. The summed E-state index contributed by atoms with van der Waals surface area (Å²) < 4.78 is 56.3. The van der Waals surface area contributed by atoms with Crippen molar-refractivity contribution in [2.24, 2.45) is 0 Å². The van der Waals surface area contributed by atoms with E-state index in [0.717, 1.165) is 17.7 Å². The highest BCUT2D eigenvalue weighted by molar-refractivity contribution is 7.89. The lowest BCUT2D eigenvalue weighted by atomic mass is 10.1. The second-order valence-electron chi connectivity index (χ2n) is 7.24. The Morgan fingerprint density at radius 1 is 0.857 bits per heavy atom. The SMILES string of the molecule is COc1ccc(CN2CCN(S(=O)(=O)c3ccc(F)cc3)CC2)c(OC)c1OC.O=C(O)C(=O)O. The fourth-order valence-electron chi connectivity index (χ4n) is 3.41. The second-order valence-corrected chi connectivity index (χ2v) is 9.18. The van der Waals surface area contributed by atoms with Gasteiger partial charge in [0.2, 0.25) is 15.8 Å². The van der Waals surface area contributed by atoms with Crippen LogP contribution in [0.1, 0.15) is 5.56 Å². The molecule has 1 aliphatic rings. The summed E-state index contributed by atoms with van der Waals surface area (Å²) in [4.78, 5) is 20.5. The van der Waals surface area contributed by atoms with Crippen LogP contribution >= 0.6 is 0 Å². The molecule has 0 spiro atoms. The van der Waals surface area contributed by atoms with Crippen molar-refractivity contribution in [2.45, 2.75) is 11.4 Å². The van der Waals surface area contributed by atoms with Crippen molar-refractivity contribution < 1.29 is 46.8 Å². The molecule has 0 unspecified atom stereocenters. The van der Waals surface area contributed by atoms with Gasteiger partial charge in [-0.2, -0.15) is 4.31 Å². The highest BCUT2D eigenvalue weighted by Crippen LogP contribution is 2.40. The molecule has 1 fully saturated rings. The molecule has 0 saturated carbocycles. The number of carboxylic acid groups (broad SMARTS) is 2. The van der Waals surface area contributed by atoms with E-state index in [2.05, 4.69) is 4.90 Å². The van der Waals surface area contributed by atoms with E-state index in [4.69, 9.17) is 34.0 Å². The maximum absolute atomic E-state index is 13.1. The zero-order valence-corrected chi connectivity index (χ0v) is 20.2. The van der Waals surface area contributed by atoms with Crippen molar-refractivity contribution in [3.05, 3.63) is 47.8 Å². The van der Waals surface area contributed by atoms with Crippen molar-refractivity contribution in [2.75, 3.05) is 47.5 Å². The van der Waals surface area contributed by atoms with Gasteiger partial charge in [-0.25, -0.2) is 22.4 Å². The molecule has 35 heavy (non-hydrogen) atoms. The van der Waals surface area contributed by atoms with Crippen LogP contribution in [0.2, 0.25) is 0 Å². The summed E-state index contributed by atoms with van der Waals surface area (Å²) in [6.07, 6.45) is 0. The van der Waals surface area contributed by atoms with Crippen molar-refractivity contribution >= 4 is 22.0 Å². The molecular formula is C22H27FN2O9S. The summed E-state index contributed by atoms with van der Waals surface area (Å²) in [5, 5.41) is 14.8. The molecule has 1 aliphatic heterocycles. The number of aliphatic carboxylic acids is 2. The molecule has 0 radical (unpaired) electrons. The largest absolute Gasteiger partial charge is 0.493 e. The van der Waals surface area contributed by atoms with E-state index in [-0.39, 0.29) is 4.90 Å². The van der Waals surface area contributed by atoms with Gasteiger partial charge in [0.1, 0.15) is 5.82 Å². The Morgan fingerprint density at radius 2 is 1.40 bits per heavy atom. The van der Waals surface area contributed by atoms with Gasteiger partial charge in [0.15, 0.2) is 11.5 Å². The number of carbonyl (C=O) groups is 2. The number of nitrogens with zero attached hydrogens (tertiary/aromatic N) is 2. The topological polar surface area (TPSA) is 143 Å². The van der Waals surface area contributed by atoms with Gasteiger partial charge < -0.3 is 24.4 Å². The fraction of sp³-hybridized carbons (Fsp3) is 0.364. The van der Waals surface area contributed by atoms with Crippen molar-refractivity contribution in [3.8, 4) is 17.2 Å². The smallest absolute Gasteiger partial charge is 0.414 e. The maximum Gasteiger partial charge on any atom is 0.414 e. The standard InChI is InChI=1S/C20H25FN2O5S.C2H2O4/c1-26-18-9-4-15(19(27-2)20(18)28-3)14-22-10-12-23(13-11-22)29(24,25)17-7-5-16(21)6-8-17;3-1(4)2(5)6/h4-9H,10-14H2,1-3H3;(H,3,4)(H,5,6). The molecule has 11 nitrogen and oxygen atoms in total. The zero-order chi connectivity index (χ0) is 26.2. The van der Waals surface area contributed by atoms with Gasteiger partial charge in [0, 0.05) is 38.3 Å². The molecule has 2 aromatic carbocycles. The molecule has 0 bridgehead atoms. The Labute approximate surface area is 202 Å². The number of hydrogen-bond donors (Lipinski definition) is 2. The van der Waals surface area contributed by atoms with Crippen LogP contribution in [0.5, 0.6) is 17.2 Å². The number of sulfonamides is 1. The summed E-state index contributed by atoms with van der Waals surface area (Å²) in [5.74, 6) is -2.39. The zero-order valence-electron chi connectivity index (χ0n) is 19.4. The number of hydrogen-bond acceptors (Lipinski definition) is 8. The summed E-state index contributed by atoms with van der Waals surface area (Å²) >= 11 is 0. The van der Waals surface area contributed by atoms with Crippen molar-refractivity contribution in [1.29, 1.82) is 0 Å². The Hall–Kier alpha value is -3.42. The van der Waals surface area contributed by atoms with Crippen molar-refractivity contribution in [1.82, 2.24) is 9.21 Å². The summed E-state index contributed by atoms with van der Waals surface area (Å²) in [7, 11) is 1.07. The minimum Gasteiger partial charge on any atom is -0.493 e. The van der Waals surface area contributed by atoms with Crippen LogP contribution in [0, 0.1) is 5.82 Å². The number of benzene rings is 2. The third-order valence-corrected chi connectivity index (χ3v) is 7.06. The van der Waals surface area contributed by atoms with Gasteiger partial charge >= 0.3 is 11.9 Å². The third-order valence-electron chi connectivity index (χ3n) is 5.15. The molecule has 0 amide bonds. The molecule has 192 valence electrons. The Kier molecular flexibility index (Phi) is 9.80. The monoisotopic (exact) mass is 514 g/mol. The van der Waals surface area contributed by atoms with E-state index in [1.54, 1.807) is 21.3 Å². The molecule has 2 N–H and O–H groups in total. The minimum absolute atomic E-state index is 0.105. The van der Waals surface area contributed by atoms with E-state index in [1.165, 1.54) is 16.4 Å². The average molecular weight is 515 g/mol. The summed E-state index contributed by atoms with van der Waals surface area (Å²) in [6.45, 7) is 2.44. The Morgan fingerprint density at radius 3 is 1.86 bits per heavy atom. The molecule has 0 aliphatic carbocycles. The highest BCUT2D eigenvalue weighted by Gasteiger charge is 2.29. The van der Waals surface area contributed by atoms with Crippen LogP contribution in [0.25, 0.3) is 0 Å². The number of piperazine rings is 1. The molecule has 1 saturated heterocycles. The van der Waals surface area contributed by atoms with E-state index in [0.29, 0.717) is 50.0 Å². The van der Waals surface area contributed by atoms with Gasteiger partial charge in [-0.05, 0) is 30.3 Å². The number of methoxy groups -OCH3 is 3. The predicted molar refractivity (Wildman–Crippen MR) is 122 cm³/mol. The Bertz CT molecular complexity index is 1120. The first kappa shape index (κ1) is 27.8. The predicted octanol–water partition coefficient (Wildman–Crippen LogP) is 1.51. The van der Waals surface area contributed by atoms with Crippen molar-refractivity contribution in [3.63, 3.8) is 0 Å². The summed E-state index contributed by atoms with van der Waals surface area (Å²) in [5.41, 5.74) is 0.931. The molecule has 2 aromatic rings. The first-order chi connectivity index (χ1) is 16.5. The fourth-order valence-corrected chi connectivity index (χ4v) is 4.83. The first-order valence-corrected chi connectivity index (χ1v) is 11.7. The third kappa shape index (κ3) is 7.04. The lowest BCUT2D eigenvalue weighted by Gasteiger charge is -2.34. The van der Waals surface area contributed by atoms with Crippen LogP contribution in [0.15, 0.2) is 41.3 Å². The molecule has 1 heterocycles. The molecule has 0 aromatic heterocycles. The first-order valence-electron chi connectivity index (χ1n) is 10.3. The molecular weight excluding hydrogens is 487 g/mol. The van der Waals surface area contributed by atoms with Gasteiger partial charge in [0.25, 0.3) is 0 Å². The number of ether oxygens (including phenoxy) is 3. The van der Waals surface area contributed by atoms with Crippen LogP contribution < -0.4 is 14.2 Å². The van der Waals surface area contributed by atoms with E-state index >= 15 is 0 Å². The number of carboxylic acids is 2. The molecule has 0 atom stereocenters. The number of rotatable bonds is 7. The van der Waals surface area contributed by atoms with Gasteiger partial charge in [-0.15, -0.1) is 0 Å². The Balaban J connectivity index is 0.000000641. The van der Waals surface area contributed by atoms with E-state index in [9.17, 15) is 12.8 Å². The quantitative estimate of drug-likeness (QED) is 0.522. The van der Waals surface area contributed by atoms with E-state index in [1.807, 2.05) is 12.1 Å². The van der Waals surface area contributed by atoms with Crippen LogP contribution in [-0.2, 0) is 26.2 Å². The minimum atomic E-state index is -3.63. The summed E-state index contributed by atoms with van der Waals surface area (Å²) in [6, 6.07) is 8.66. The second kappa shape index (κ2) is 12.3. The van der Waals surface area contributed by atoms with Gasteiger partial charge in [0.05, 0.1) is 26.2 Å². The van der Waals surface area contributed by atoms with Crippen LogP contribution in [-0.4, -0.2) is 87.3 Å². The van der Waals surface area contributed by atoms with Gasteiger partial charge in [-0.1, -0.05) is 6.07 Å². The lowest BCUT2D eigenvalue weighted by molar-refractivity contribution is -0.159. The highest BCUT2D eigenvalue weighted by atomic mass is 32.2. The number of halogens is 1.